The molecule has 4 rings (SSSR count). The van der Waals surface area contributed by atoms with Gasteiger partial charge in [-0.1, -0.05) is 12.0 Å². The molecule has 2 aromatic heterocycles. The Morgan fingerprint density at radius 2 is 2.10 bits per heavy atom. The number of pyridine rings is 1. The van der Waals surface area contributed by atoms with E-state index >= 15 is 4.39 Å². The van der Waals surface area contributed by atoms with Crippen LogP contribution in [0, 0.1) is 24.0 Å². The molecule has 0 aliphatic carbocycles. The largest absolute Gasteiger partial charge is 0.508 e. The first kappa shape index (κ1) is 18.7. The summed E-state index contributed by atoms with van der Waals surface area (Å²) < 4.78 is 31.2. The van der Waals surface area contributed by atoms with Crippen molar-refractivity contribution in [2.75, 3.05) is 18.4 Å². The second-order valence-electron chi connectivity index (χ2n) is 6.53. The van der Waals surface area contributed by atoms with Crippen molar-refractivity contribution in [3.05, 3.63) is 47.7 Å². The van der Waals surface area contributed by atoms with Gasteiger partial charge in [0.15, 0.2) is 11.6 Å². The van der Waals surface area contributed by atoms with E-state index in [4.69, 9.17) is 12.2 Å². The Morgan fingerprint density at radius 1 is 1.31 bits per heavy atom. The molecule has 0 radical (unpaired) electrons. The summed E-state index contributed by atoms with van der Waals surface area (Å²) in [6.07, 6.45) is 6.98. The highest BCUT2D eigenvalue weighted by Gasteiger charge is 2.21. The smallest absolute Gasteiger partial charge is 0.175 e. The van der Waals surface area contributed by atoms with Gasteiger partial charge in [-0.15, -0.1) is 6.42 Å². The van der Waals surface area contributed by atoms with Crippen LogP contribution in [0.25, 0.3) is 32.9 Å². The van der Waals surface area contributed by atoms with Gasteiger partial charge >= 0.3 is 0 Å². The van der Waals surface area contributed by atoms with Gasteiger partial charge in [-0.05, 0) is 23.6 Å². The molecule has 4 aromatic rings. The summed E-state index contributed by atoms with van der Waals surface area (Å²) in [5.41, 5.74) is 5.84. The quantitative estimate of drug-likeness (QED) is 0.464. The molecule has 8 heteroatoms. The van der Waals surface area contributed by atoms with E-state index in [9.17, 15) is 9.50 Å². The van der Waals surface area contributed by atoms with Crippen molar-refractivity contribution in [2.24, 2.45) is 12.8 Å². The van der Waals surface area contributed by atoms with Crippen molar-refractivity contribution < 1.29 is 13.9 Å². The molecule has 0 spiro atoms. The Morgan fingerprint density at radius 3 is 2.83 bits per heavy atom. The summed E-state index contributed by atoms with van der Waals surface area (Å²) in [6, 6.07) is 5.45. The lowest BCUT2D eigenvalue weighted by atomic mass is 9.96. The van der Waals surface area contributed by atoms with E-state index < -0.39 is 11.6 Å². The van der Waals surface area contributed by atoms with Crippen LogP contribution in [0.5, 0.6) is 5.75 Å². The summed E-state index contributed by atoms with van der Waals surface area (Å²) in [7, 11) is 1.61. The van der Waals surface area contributed by atoms with Gasteiger partial charge in [0, 0.05) is 37.3 Å². The first-order valence-electron chi connectivity index (χ1n) is 8.83. The number of benzene rings is 2. The number of hydrogen-bond donors (Lipinski definition) is 3. The molecular weight excluding hydrogens is 376 g/mol. The average Bonchev–Trinajstić information content (AvgIpc) is 3.02. The molecule has 0 unspecified atom stereocenters. The number of aryl methyl sites for hydroxylation is 1. The van der Waals surface area contributed by atoms with Gasteiger partial charge in [0.1, 0.15) is 22.8 Å². The fourth-order valence-corrected chi connectivity index (χ4v) is 3.48. The lowest BCUT2D eigenvalue weighted by molar-refractivity contribution is 0.476. The van der Waals surface area contributed by atoms with Crippen LogP contribution in [0.2, 0.25) is 0 Å². The van der Waals surface area contributed by atoms with Gasteiger partial charge < -0.3 is 16.2 Å². The molecule has 2 aromatic carbocycles. The molecule has 0 aliphatic rings. The minimum Gasteiger partial charge on any atom is -0.508 e. The molecule has 0 fully saturated rings. The van der Waals surface area contributed by atoms with Crippen molar-refractivity contribution in [1.82, 2.24) is 14.8 Å². The maximum atomic E-state index is 15.5. The Balaban J connectivity index is 2.04. The zero-order valence-electron chi connectivity index (χ0n) is 15.5. The van der Waals surface area contributed by atoms with Gasteiger partial charge in [-0.25, -0.2) is 8.78 Å². The molecule has 4 N–H and O–H groups in total. The first-order valence-corrected chi connectivity index (χ1v) is 8.83. The van der Waals surface area contributed by atoms with Gasteiger partial charge in [0.25, 0.3) is 0 Å². The lowest BCUT2D eigenvalue weighted by Gasteiger charge is -2.12. The predicted octanol–water partition coefficient (Wildman–Crippen LogP) is 3.12. The maximum Gasteiger partial charge on any atom is 0.175 e. The number of halogens is 2. The molecule has 0 aliphatic heterocycles. The van der Waals surface area contributed by atoms with Gasteiger partial charge in [-0.2, -0.15) is 5.10 Å². The molecule has 0 saturated heterocycles. The molecule has 146 valence electrons. The van der Waals surface area contributed by atoms with E-state index in [1.54, 1.807) is 7.05 Å². The molecule has 0 atom stereocenters. The Kier molecular flexibility index (Phi) is 4.53. The van der Waals surface area contributed by atoms with Crippen LogP contribution in [0.15, 0.2) is 30.5 Å². The topological polar surface area (TPSA) is 89.0 Å². The average molecular weight is 393 g/mol. The van der Waals surface area contributed by atoms with E-state index in [0.717, 1.165) is 0 Å². The van der Waals surface area contributed by atoms with E-state index in [-0.39, 0.29) is 28.1 Å². The van der Waals surface area contributed by atoms with Crippen LogP contribution >= 0.6 is 0 Å². The van der Waals surface area contributed by atoms with Crippen LogP contribution < -0.4 is 11.1 Å². The first-order chi connectivity index (χ1) is 14.0. The van der Waals surface area contributed by atoms with E-state index in [0.29, 0.717) is 35.1 Å². The normalized spacial score (nSPS) is 11.1. The summed E-state index contributed by atoms with van der Waals surface area (Å²) in [5, 5.41) is 18.7. The summed E-state index contributed by atoms with van der Waals surface area (Å²) in [5.74, 6) is 1.40. The van der Waals surface area contributed by atoms with Gasteiger partial charge in [0.05, 0.1) is 10.9 Å². The maximum absolute atomic E-state index is 15.5. The number of phenols is 1. The van der Waals surface area contributed by atoms with Crippen molar-refractivity contribution in [2.45, 2.75) is 0 Å². The number of fused-ring (bicyclic) bond motifs is 2. The number of nitrogens with one attached hydrogen (secondary N) is 1. The summed E-state index contributed by atoms with van der Waals surface area (Å²) in [4.78, 5) is 4.25. The minimum atomic E-state index is -0.655. The van der Waals surface area contributed by atoms with Gasteiger partial charge in [-0.3, -0.25) is 9.67 Å². The highest BCUT2D eigenvalue weighted by Crippen LogP contribution is 2.38. The zero-order valence-corrected chi connectivity index (χ0v) is 15.5. The number of hydrogen-bond acceptors (Lipinski definition) is 5. The number of phenolic OH excluding ortho intramolecular Hbond substituents is 1. The fraction of sp³-hybridized carbons (Fsp3) is 0.143. The molecule has 0 saturated carbocycles. The number of aromatic hydroxyl groups is 1. The Labute approximate surface area is 165 Å². The van der Waals surface area contributed by atoms with Crippen molar-refractivity contribution in [3.8, 4) is 29.4 Å². The Bertz CT molecular complexity index is 1310. The number of terminal acetylenes is 1. The molecule has 29 heavy (non-hydrogen) atoms. The van der Waals surface area contributed by atoms with Crippen LogP contribution in [0.1, 0.15) is 5.56 Å². The molecule has 0 amide bonds. The summed E-state index contributed by atoms with van der Waals surface area (Å²) >= 11 is 0. The highest BCUT2D eigenvalue weighted by atomic mass is 19.1. The molecule has 2 heterocycles. The molecule has 0 bridgehead atoms. The van der Waals surface area contributed by atoms with Crippen molar-refractivity contribution in [3.63, 3.8) is 0 Å². The minimum absolute atomic E-state index is 0.0193. The third-order valence-corrected chi connectivity index (χ3v) is 4.71. The SMILES string of the molecule is C#Cc1c(F)ccc2cc(O)cc(-c3ncc4c(NCCN)nn(C)c4c3F)c12. The summed E-state index contributed by atoms with van der Waals surface area (Å²) in [6.45, 7) is 0.860. The lowest BCUT2D eigenvalue weighted by Crippen LogP contribution is -2.13. The highest BCUT2D eigenvalue weighted by molar-refractivity contribution is 6.03. The second kappa shape index (κ2) is 7.04. The van der Waals surface area contributed by atoms with Crippen LogP contribution in [0.3, 0.4) is 0 Å². The number of rotatable bonds is 4. The van der Waals surface area contributed by atoms with Gasteiger partial charge in [0.2, 0.25) is 0 Å². The Hall–Kier alpha value is -3.70. The van der Waals surface area contributed by atoms with E-state index in [2.05, 4.69) is 21.3 Å². The monoisotopic (exact) mass is 393 g/mol. The van der Waals surface area contributed by atoms with Crippen LogP contribution in [0.4, 0.5) is 14.6 Å². The van der Waals surface area contributed by atoms with Crippen molar-refractivity contribution >= 4 is 27.5 Å². The third kappa shape index (κ3) is 2.92. The number of aromatic nitrogens is 3. The fourth-order valence-electron chi connectivity index (χ4n) is 3.48. The van der Waals surface area contributed by atoms with Crippen LogP contribution in [-0.2, 0) is 7.05 Å². The number of nitrogens with zero attached hydrogens (tertiary/aromatic N) is 3. The van der Waals surface area contributed by atoms with Crippen LogP contribution in [-0.4, -0.2) is 33.0 Å². The molecular formula is C21H17F2N5O. The second-order valence-corrected chi connectivity index (χ2v) is 6.53. The standard InChI is InChI=1S/C21H17F2N5O/c1-3-13-16(22)5-4-11-8-12(29)9-14(17(11)13)19-18(23)20-15(10-26-19)21(25-7-6-24)27-28(20)2/h1,4-5,8-10,29H,6-7,24H2,2H3,(H,25,27). The number of nitrogens with two attached hydrogens (primary N) is 1. The van der Waals surface area contributed by atoms with E-state index in [1.807, 2.05) is 0 Å². The van der Waals surface area contributed by atoms with Crippen molar-refractivity contribution in [1.29, 1.82) is 0 Å². The predicted molar refractivity (Wildman–Crippen MR) is 109 cm³/mol. The number of anilines is 1. The zero-order chi connectivity index (χ0) is 20.7. The third-order valence-electron chi connectivity index (χ3n) is 4.71. The molecule has 6 nitrogen and oxygen atoms in total. The van der Waals surface area contributed by atoms with E-state index in [1.165, 1.54) is 35.1 Å².